The first-order valence-electron chi connectivity index (χ1n) is 8.37. The normalized spacial score (nSPS) is 22.9. The first-order chi connectivity index (χ1) is 10.4. The van der Waals surface area contributed by atoms with Crippen molar-refractivity contribution in [2.75, 3.05) is 5.73 Å². The van der Waals surface area contributed by atoms with Gasteiger partial charge in [0.1, 0.15) is 0 Å². The monoisotopic (exact) mass is 298 g/mol. The number of hydrogen-bond acceptors (Lipinski definition) is 3. The Morgan fingerprint density at radius 1 is 1.27 bits per heavy atom. The van der Waals surface area contributed by atoms with Gasteiger partial charge in [-0.25, -0.2) is 0 Å². The Kier molecular flexibility index (Phi) is 3.98. The number of nitrogens with one attached hydrogen (secondary N) is 1. The second-order valence-corrected chi connectivity index (χ2v) is 7.40. The molecule has 0 aromatic heterocycles. The Hall–Kier alpha value is -1.77. The molecule has 0 atom stereocenters. The molecule has 3 heteroatoms. The van der Waals surface area contributed by atoms with Crippen molar-refractivity contribution in [3.63, 3.8) is 0 Å². The molecule has 118 valence electrons. The summed E-state index contributed by atoms with van der Waals surface area (Å²) >= 11 is 0. The quantitative estimate of drug-likeness (QED) is 0.647. The summed E-state index contributed by atoms with van der Waals surface area (Å²) in [5.41, 5.74) is 9.97. The molecule has 22 heavy (non-hydrogen) atoms. The second-order valence-electron chi connectivity index (χ2n) is 7.40. The highest BCUT2D eigenvalue weighted by Gasteiger charge is 2.29. The van der Waals surface area contributed by atoms with Crippen molar-refractivity contribution in [3.8, 4) is 0 Å². The van der Waals surface area contributed by atoms with Gasteiger partial charge < -0.3 is 11.1 Å². The molecular formula is C19H26N2O. The van der Waals surface area contributed by atoms with Gasteiger partial charge >= 0.3 is 0 Å². The number of anilines is 1. The lowest BCUT2D eigenvalue weighted by atomic mass is 9.83. The Morgan fingerprint density at radius 2 is 2.00 bits per heavy atom. The molecule has 3 rings (SSSR count). The number of fused-ring (bicyclic) bond motifs is 1. The third-order valence-electron chi connectivity index (χ3n) is 4.82. The third-order valence-corrected chi connectivity index (χ3v) is 4.82. The average molecular weight is 298 g/mol. The van der Waals surface area contributed by atoms with Gasteiger partial charge in [0.15, 0.2) is 5.78 Å². The zero-order valence-corrected chi connectivity index (χ0v) is 13.6. The number of allylic oxidation sites excluding steroid dienone is 1. The van der Waals surface area contributed by atoms with Crippen LogP contribution in [-0.2, 0) is 11.2 Å². The molecule has 1 aromatic carbocycles. The van der Waals surface area contributed by atoms with E-state index in [4.69, 9.17) is 5.73 Å². The topological polar surface area (TPSA) is 55.1 Å². The summed E-state index contributed by atoms with van der Waals surface area (Å²) in [5, 5.41) is 3.54. The van der Waals surface area contributed by atoms with Crippen LogP contribution in [0.5, 0.6) is 0 Å². The van der Waals surface area contributed by atoms with Gasteiger partial charge in [-0.2, -0.15) is 0 Å². The fourth-order valence-corrected chi connectivity index (χ4v) is 3.74. The highest BCUT2D eigenvalue weighted by Crippen LogP contribution is 2.32. The van der Waals surface area contributed by atoms with E-state index in [1.807, 2.05) is 24.3 Å². The summed E-state index contributed by atoms with van der Waals surface area (Å²) < 4.78 is 0. The molecule has 1 saturated carbocycles. The van der Waals surface area contributed by atoms with E-state index in [9.17, 15) is 4.79 Å². The minimum Gasteiger partial charge on any atom is -0.399 e. The lowest BCUT2D eigenvalue weighted by Gasteiger charge is -2.36. The highest BCUT2D eigenvalue weighted by atomic mass is 16.1. The predicted octanol–water partition coefficient (Wildman–Crippen LogP) is 3.68. The van der Waals surface area contributed by atoms with Crippen molar-refractivity contribution in [3.05, 3.63) is 35.4 Å². The highest BCUT2D eigenvalue weighted by molar-refractivity contribution is 5.98. The third kappa shape index (κ3) is 3.18. The molecule has 0 unspecified atom stereocenters. The van der Waals surface area contributed by atoms with Crippen LogP contribution in [0.15, 0.2) is 24.3 Å². The van der Waals surface area contributed by atoms with Crippen LogP contribution in [-0.4, -0.2) is 11.3 Å². The van der Waals surface area contributed by atoms with Crippen LogP contribution >= 0.6 is 0 Å². The zero-order valence-electron chi connectivity index (χ0n) is 13.6. The summed E-state index contributed by atoms with van der Waals surface area (Å²) in [5.74, 6) is 0.494. The van der Waals surface area contributed by atoms with E-state index in [1.54, 1.807) is 0 Å². The molecule has 0 amide bonds. The maximum absolute atomic E-state index is 12.6. The smallest absolute Gasteiger partial charge is 0.160 e. The maximum Gasteiger partial charge on any atom is 0.160 e. The maximum atomic E-state index is 12.6. The molecule has 1 aromatic rings. The van der Waals surface area contributed by atoms with E-state index in [1.165, 1.54) is 24.8 Å². The van der Waals surface area contributed by atoms with E-state index in [2.05, 4.69) is 19.2 Å². The Bertz CT molecular complexity index is 610. The lowest BCUT2D eigenvalue weighted by Crippen LogP contribution is -2.44. The van der Waals surface area contributed by atoms with E-state index in [0.29, 0.717) is 0 Å². The van der Waals surface area contributed by atoms with Crippen molar-refractivity contribution in [1.29, 1.82) is 0 Å². The van der Waals surface area contributed by atoms with E-state index in [0.717, 1.165) is 36.2 Å². The van der Waals surface area contributed by atoms with Crippen molar-refractivity contribution in [2.24, 2.45) is 5.92 Å². The molecule has 1 aliphatic heterocycles. The van der Waals surface area contributed by atoms with Gasteiger partial charge in [0.05, 0.1) is 0 Å². The van der Waals surface area contributed by atoms with E-state index in [-0.39, 0.29) is 17.2 Å². The standard InChI is InChI=1S/C19H26N2O/c1-19(2)12-14-10-15(20)8-9-16(14)17(21-19)11-18(22)13-6-4-3-5-7-13/h8-11,13,21H,3-7,12,20H2,1-2H3/b17-11-. The van der Waals surface area contributed by atoms with Crippen LogP contribution in [0.1, 0.15) is 57.1 Å². The first kappa shape index (κ1) is 15.1. The average Bonchev–Trinajstić information content (AvgIpc) is 2.46. The van der Waals surface area contributed by atoms with Gasteiger partial charge in [-0.3, -0.25) is 4.79 Å². The van der Waals surface area contributed by atoms with Gasteiger partial charge in [0.2, 0.25) is 0 Å². The summed E-state index contributed by atoms with van der Waals surface area (Å²) in [6, 6.07) is 5.99. The lowest BCUT2D eigenvalue weighted by molar-refractivity contribution is -0.119. The minimum absolute atomic E-state index is 0.0561. The predicted molar refractivity (Wildman–Crippen MR) is 91.3 cm³/mol. The van der Waals surface area contributed by atoms with E-state index < -0.39 is 0 Å². The molecule has 0 bridgehead atoms. The van der Waals surface area contributed by atoms with Gasteiger partial charge in [-0.05, 0) is 50.8 Å². The molecule has 1 aliphatic carbocycles. The zero-order chi connectivity index (χ0) is 15.7. The number of nitrogens with two attached hydrogens (primary N) is 1. The largest absolute Gasteiger partial charge is 0.399 e. The van der Waals surface area contributed by atoms with Crippen LogP contribution in [0.4, 0.5) is 5.69 Å². The molecular weight excluding hydrogens is 272 g/mol. The SMILES string of the molecule is CC1(C)Cc2cc(N)ccc2/C(=C/C(=O)C2CCCCC2)N1. The summed E-state index contributed by atoms with van der Waals surface area (Å²) in [4.78, 5) is 12.6. The fraction of sp³-hybridized carbons (Fsp3) is 0.526. The molecule has 1 fully saturated rings. The minimum atomic E-state index is -0.0561. The second kappa shape index (κ2) is 5.79. The molecule has 0 spiro atoms. The fourth-order valence-electron chi connectivity index (χ4n) is 3.74. The van der Waals surface area contributed by atoms with Crippen LogP contribution in [0.3, 0.4) is 0 Å². The van der Waals surface area contributed by atoms with Crippen molar-refractivity contribution >= 4 is 17.2 Å². The first-order valence-corrected chi connectivity index (χ1v) is 8.37. The Morgan fingerprint density at radius 3 is 2.73 bits per heavy atom. The Balaban J connectivity index is 1.92. The Labute approximate surface area is 133 Å². The summed E-state index contributed by atoms with van der Waals surface area (Å²) in [6.45, 7) is 4.33. The number of carbonyl (C=O) groups excluding carboxylic acids is 1. The van der Waals surface area contributed by atoms with Gasteiger partial charge in [-0.1, -0.05) is 25.3 Å². The van der Waals surface area contributed by atoms with Gasteiger partial charge in [0, 0.05) is 34.5 Å². The number of benzene rings is 1. The molecule has 0 radical (unpaired) electrons. The van der Waals surface area contributed by atoms with Crippen LogP contribution in [0, 0.1) is 5.92 Å². The van der Waals surface area contributed by atoms with Crippen molar-refractivity contribution < 1.29 is 4.79 Å². The molecule has 3 N–H and O–H groups in total. The molecule has 2 aliphatic rings. The molecule has 1 heterocycles. The number of nitrogen functional groups attached to an aromatic ring is 1. The number of carbonyl (C=O) groups is 1. The van der Waals surface area contributed by atoms with E-state index >= 15 is 0 Å². The van der Waals surface area contributed by atoms with Gasteiger partial charge in [-0.15, -0.1) is 0 Å². The van der Waals surface area contributed by atoms with Gasteiger partial charge in [0.25, 0.3) is 0 Å². The summed E-state index contributed by atoms with van der Waals surface area (Å²) in [6.07, 6.45) is 8.49. The van der Waals surface area contributed by atoms with Crippen molar-refractivity contribution in [2.45, 2.75) is 57.9 Å². The summed E-state index contributed by atoms with van der Waals surface area (Å²) in [7, 11) is 0. The number of ketones is 1. The number of hydrogen-bond donors (Lipinski definition) is 2. The van der Waals surface area contributed by atoms with Crippen molar-refractivity contribution in [1.82, 2.24) is 5.32 Å². The number of rotatable bonds is 2. The molecule has 3 nitrogen and oxygen atoms in total. The molecule has 0 saturated heterocycles. The van der Waals surface area contributed by atoms with Crippen LogP contribution in [0.2, 0.25) is 0 Å². The van der Waals surface area contributed by atoms with Crippen LogP contribution in [0.25, 0.3) is 5.70 Å². The van der Waals surface area contributed by atoms with Crippen LogP contribution < -0.4 is 11.1 Å².